The highest BCUT2D eigenvalue weighted by Crippen LogP contribution is 2.36. The molecule has 68 heavy (non-hydrogen) atoms. The second-order valence-corrected chi connectivity index (χ2v) is 16.8. The summed E-state index contributed by atoms with van der Waals surface area (Å²) in [5.74, 6) is -0.528. The second-order valence-electron chi connectivity index (χ2n) is 16.8. The number of rotatable bonds is 23. The first kappa shape index (κ1) is 48.8. The maximum Gasteiger partial charge on any atom is 0.303 e. The van der Waals surface area contributed by atoms with Gasteiger partial charge < -0.3 is 52.5 Å². The van der Waals surface area contributed by atoms with Gasteiger partial charge in [-0.05, 0) is 33.4 Å². The highest BCUT2D eigenvalue weighted by molar-refractivity contribution is 5.66. The number of ether oxygens (including phenoxy) is 10. The van der Waals surface area contributed by atoms with Gasteiger partial charge in [-0.3, -0.25) is 4.79 Å². The monoisotopic (exact) mass is 924 g/mol. The summed E-state index contributed by atoms with van der Waals surface area (Å²) in [5.41, 5.74) is 5.50. The Balaban J connectivity index is 1.17. The van der Waals surface area contributed by atoms with Crippen molar-refractivity contribution < 1.29 is 57.3 Å². The number of aliphatic hydroxyl groups excluding tert-OH is 1. The highest BCUT2D eigenvalue weighted by Gasteiger charge is 2.54. The molecule has 6 aromatic carbocycles. The predicted octanol–water partition coefficient (Wildman–Crippen LogP) is 8.52. The fraction of sp³-hybridized carbons (Fsp3) is 0.339. The number of esters is 1. The number of hydrogen-bond acceptors (Lipinski definition) is 12. The van der Waals surface area contributed by atoms with Gasteiger partial charge in [0.15, 0.2) is 18.7 Å². The molecule has 12 nitrogen and oxygen atoms in total. The molecule has 0 aliphatic carbocycles. The van der Waals surface area contributed by atoms with Gasteiger partial charge in [0.25, 0.3) is 0 Å². The highest BCUT2D eigenvalue weighted by atomic mass is 16.8. The van der Waals surface area contributed by atoms with Crippen LogP contribution in [0.5, 0.6) is 0 Å². The van der Waals surface area contributed by atoms with E-state index in [9.17, 15) is 9.90 Å². The van der Waals surface area contributed by atoms with Crippen molar-refractivity contribution in [3.8, 4) is 0 Å². The van der Waals surface area contributed by atoms with E-state index in [0.29, 0.717) is 0 Å². The van der Waals surface area contributed by atoms with Crippen LogP contribution in [-0.2, 0) is 91.8 Å². The molecule has 10 atom stereocenters. The van der Waals surface area contributed by atoms with Crippen molar-refractivity contribution >= 4 is 5.97 Å². The maximum absolute atomic E-state index is 13.0. The number of hydrogen-bond donors (Lipinski definition) is 1. The fourth-order valence-corrected chi connectivity index (χ4v) is 8.34. The lowest BCUT2D eigenvalue weighted by Gasteiger charge is -2.49. The SMILES string of the molecule is CC(=O)O[C@@H]1[C@H](OCc2ccccc2)[C@@H](OCc2ccccc2)[C@@H](O[C@H]2[C@H](OCc3ccccc3)[C@@H](OCc3ccccc3)[C@@H](O)O[C@@H]2COCc2ccccc2)O[C@@H]1COCc1ccccc1. The zero-order valence-electron chi connectivity index (χ0n) is 38.2. The summed E-state index contributed by atoms with van der Waals surface area (Å²) < 4.78 is 66.5. The van der Waals surface area contributed by atoms with Crippen LogP contribution < -0.4 is 0 Å². The van der Waals surface area contributed by atoms with Crippen LogP contribution in [0.15, 0.2) is 182 Å². The Hall–Kier alpha value is -5.61. The normalized spacial score (nSPS) is 24.9. The third-order valence-corrected chi connectivity index (χ3v) is 11.7. The molecule has 0 amide bonds. The molecule has 356 valence electrons. The van der Waals surface area contributed by atoms with Gasteiger partial charge in [-0.2, -0.15) is 0 Å². The number of carbonyl (C=O) groups excluding carboxylic acids is 1. The molecule has 0 bridgehead atoms. The van der Waals surface area contributed by atoms with E-state index < -0.39 is 67.4 Å². The Bertz CT molecular complexity index is 2330. The van der Waals surface area contributed by atoms with Gasteiger partial charge in [0.1, 0.15) is 42.7 Å². The molecule has 8 rings (SSSR count). The molecule has 0 aromatic heterocycles. The molecule has 0 unspecified atom stereocenters. The fourth-order valence-electron chi connectivity index (χ4n) is 8.34. The molecule has 12 heteroatoms. The van der Waals surface area contributed by atoms with Crippen LogP contribution in [0.2, 0.25) is 0 Å². The van der Waals surface area contributed by atoms with E-state index in [1.54, 1.807) is 0 Å². The van der Waals surface area contributed by atoms with Crippen molar-refractivity contribution in [2.75, 3.05) is 13.2 Å². The minimum atomic E-state index is -1.43. The standard InChI is InChI=1S/C56H60O12/c1-40(57)65-49-48(39-60-33-42-22-10-3-11-23-42)67-56(54(64-37-46-30-18-7-19-31-46)52(49)62-35-44-26-14-5-15-27-44)68-50-47(38-59-32-41-20-8-2-9-21-41)66-55(58)53(63-36-45-28-16-6-17-29-45)51(50)61-34-43-24-12-4-13-25-43/h2-31,47-56,58H,32-39H2,1H3/t47-,48-,49+,50-,51+,52+,53-,54-,55+,56-/m1/s1. The number of benzene rings is 6. The van der Waals surface area contributed by atoms with Crippen molar-refractivity contribution in [3.05, 3.63) is 215 Å². The lowest BCUT2D eigenvalue weighted by molar-refractivity contribution is -0.372. The average molecular weight is 925 g/mol. The Morgan fingerprint density at radius 1 is 0.412 bits per heavy atom. The number of carbonyl (C=O) groups is 1. The smallest absolute Gasteiger partial charge is 0.303 e. The molecule has 2 aliphatic heterocycles. The molecule has 2 saturated heterocycles. The van der Waals surface area contributed by atoms with E-state index in [1.807, 2.05) is 182 Å². The van der Waals surface area contributed by atoms with Crippen LogP contribution in [0.25, 0.3) is 0 Å². The van der Waals surface area contributed by atoms with E-state index >= 15 is 0 Å². The summed E-state index contributed by atoms with van der Waals surface area (Å²) in [7, 11) is 0. The van der Waals surface area contributed by atoms with Gasteiger partial charge in [0.2, 0.25) is 0 Å². The first-order chi connectivity index (χ1) is 33.5. The topological polar surface area (TPSA) is 130 Å². The summed E-state index contributed by atoms with van der Waals surface area (Å²) in [6, 6.07) is 58.5. The first-order valence-corrected chi connectivity index (χ1v) is 23.1. The lowest BCUT2D eigenvalue weighted by Crippen LogP contribution is -2.66. The third-order valence-electron chi connectivity index (χ3n) is 11.7. The summed E-state index contributed by atoms with van der Waals surface area (Å²) >= 11 is 0. The summed E-state index contributed by atoms with van der Waals surface area (Å²) in [6.45, 7) is 2.52. The van der Waals surface area contributed by atoms with Gasteiger partial charge in [-0.15, -0.1) is 0 Å². The minimum absolute atomic E-state index is 0.00308. The molecule has 0 spiro atoms. The third kappa shape index (κ3) is 14.2. The van der Waals surface area contributed by atoms with Crippen LogP contribution in [0.4, 0.5) is 0 Å². The van der Waals surface area contributed by atoms with Gasteiger partial charge in [-0.1, -0.05) is 182 Å². The zero-order chi connectivity index (χ0) is 46.8. The molecular weight excluding hydrogens is 865 g/mol. The zero-order valence-corrected chi connectivity index (χ0v) is 38.2. The molecule has 6 aromatic rings. The largest absolute Gasteiger partial charge is 0.457 e. The molecule has 1 N–H and O–H groups in total. The van der Waals surface area contributed by atoms with Crippen LogP contribution in [-0.4, -0.2) is 85.7 Å². The Labute approximate surface area is 398 Å². The van der Waals surface area contributed by atoms with Crippen molar-refractivity contribution in [2.45, 2.75) is 108 Å². The summed E-state index contributed by atoms with van der Waals surface area (Å²) in [4.78, 5) is 13.0. The van der Waals surface area contributed by atoms with Crippen molar-refractivity contribution in [1.82, 2.24) is 0 Å². The first-order valence-electron chi connectivity index (χ1n) is 23.1. The van der Waals surface area contributed by atoms with Gasteiger partial charge >= 0.3 is 5.97 Å². The van der Waals surface area contributed by atoms with E-state index in [1.165, 1.54) is 6.92 Å². The Kier molecular flexibility index (Phi) is 18.4. The predicted molar refractivity (Wildman–Crippen MR) is 252 cm³/mol. The van der Waals surface area contributed by atoms with E-state index in [4.69, 9.17) is 47.4 Å². The second kappa shape index (κ2) is 25.7. The molecule has 2 aliphatic rings. The van der Waals surface area contributed by atoms with E-state index in [0.717, 1.165) is 33.4 Å². The van der Waals surface area contributed by atoms with Gasteiger partial charge in [0.05, 0.1) is 52.9 Å². The van der Waals surface area contributed by atoms with E-state index in [2.05, 4.69) is 0 Å². The average Bonchev–Trinajstić information content (AvgIpc) is 3.37. The molecular formula is C56H60O12. The van der Waals surface area contributed by atoms with Crippen molar-refractivity contribution in [1.29, 1.82) is 0 Å². The lowest BCUT2D eigenvalue weighted by atomic mass is 9.95. The van der Waals surface area contributed by atoms with Gasteiger partial charge in [-0.25, -0.2) is 0 Å². The van der Waals surface area contributed by atoms with Crippen molar-refractivity contribution in [3.63, 3.8) is 0 Å². The van der Waals surface area contributed by atoms with Crippen LogP contribution in [0.1, 0.15) is 40.3 Å². The van der Waals surface area contributed by atoms with E-state index in [-0.39, 0.29) is 52.9 Å². The summed E-state index contributed by atoms with van der Waals surface area (Å²) in [6.07, 6.45) is -10.4. The van der Waals surface area contributed by atoms with Crippen LogP contribution >= 0.6 is 0 Å². The summed E-state index contributed by atoms with van der Waals surface area (Å²) in [5, 5.41) is 11.9. The maximum atomic E-state index is 13.0. The molecule has 0 radical (unpaired) electrons. The van der Waals surface area contributed by atoms with Crippen LogP contribution in [0.3, 0.4) is 0 Å². The van der Waals surface area contributed by atoms with Crippen LogP contribution in [0, 0.1) is 0 Å². The van der Waals surface area contributed by atoms with Gasteiger partial charge in [0, 0.05) is 6.92 Å². The van der Waals surface area contributed by atoms with Crippen molar-refractivity contribution in [2.24, 2.45) is 0 Å². The Morgan fingerprint density at radius 3 is 1.12 bits per heavy atom. The number of aliphatic hydroxyl groups is 1. The molecule has 0 saturated carbocycles. The minimum Gasteiger partial charge on any atom is -0.457 e. The molecule has 2 heterocycles. The Morgan fingerprint density at radius 2 is 0.735 bits per heavy atom. The quantitative estimate of drug-likeness (QED) is 0.0619. The molecule has 2 fully saturated rings.